The first kappa shape index (κ1) is 18.2. The lowest BCUT2D eigenvalue weighted by Crippen LogP contribution is -2.37. The van der Waals surface area contributed by atoms with E-state index in [1.54, 1.807) is 6.07 Å². The van der Waals surface area contributed by atoms with Crippen molar-refractivity contribution in [1.82, 2.24) is 10.2 Å². The predicted molar refractivity (Wildman–Crippen MR) is 94.9 cm³/mol. The molecule has 0 radical (unpaired) electrons. The van der Waals surface area contributed by atoms with E-state index in [-0.39, 0.29) is 18.3 Å². The Bertz CT molecular complexity index is 575. The molecule has 1 fully saturated rings. The minimum atomic E-state index is -0.142. The largest absolute Gasteiger partial charge is 0.492 e. The molecule has 0 saturated carbocycles. The number of amides is 1. The predicted octanol–water partition coefficient (Wildman–Crippen LogP) is 2.49. The van der Waals surface area contributed by atoms with Crippen LogP contribution in [0, 0.1) is 0 Å². The fourth-order valence-electron chi connectivity index (χ4n) is 3.14. The Morgan fingerprint density at radius 2 is 2.09 bits per heavy atom. The van der Waals surface area contributed by atoms with Gasteiger partial charge in [0.15, 0.2) is 0 Å². The molecule has 0 atom stereocenters. The molecule has 0 spiro atoms. The highest BCUT2D eigenvalue weighted by atomic mass is 35.5. The molecule has 3 N–H and O–H groups in total. The van der Waals surface area contributed by atoms with Crippen molar-refractivity contribution in [3.8, 4) is 5.75 Å². The van der Waals surface area contributed by atoms with E-state index in [1.807, 2.05) is 0 Å². The van der Waals surface area contributed by atoms with Crippen LogP contribution in [0.5, 0.6) is 5.75 Å². The quantitative estimate of drug-likeness (QED) is 0.810. The Labute approximate surface area is 147 Å². The zero-order chi connectivity index (χ0) is 15.5. The number of nitrogens with zero attached hydrogens (tertiary/aromatic N) is 1. The maximum absolute atomic E-state index is 12.4. The molecule has 2 aliphatic heterocycles. The van der Waals surface area contributed by atoms with Gasteiger partial charge in [0.25, 0.3) is 5.91 Å². The fraction of sp³-hybridized carbons (Fsp3) is 0.562. The van der Waals surface area contributed by atoms with Crippen molar-refractivity contribution in [2.24, 2.45) is 0 Å². The number of halogens is 2. The van der Waals surface area contributed by atoms with Gasteiger partial charge in [-0.05, 0) is 32.0 Å². The number of likely N-dealkylation sites (tertiary alicyclic amines) is 1. The summed E-state index contributed by atoms with van der Waals surface area (Å²) in [4.78, 5) is 14.8. The second kappa shape index (κ2) is 8.08. The number of carbonyl (C=O) groups is 1. The molecule has 0 aromatic heterocycles. The first-order chi connectivity index (χ1) is 10.7. The zero-order valence-electron chi connectivity index (χ0n) is 13.1. The van der Waals surface area contributed by atoms with E-state index < -0.39 is 0 Å². The van der Waals surface area contributed by atoms with Crippen LogP contribution in [0.1, 0.15) is 35.2 Å². The minimum absolute atomic E-state index is 0. The van der Waals surface area contributed by atoms with Gasteiger partial charge in [0.1, 0.15) is 5.75 Å². The van der Waals surface area contributed by atoms with Crippen molar-refractivity contribution >= 4 is 35.6 Å². The van der Waals surface area contributed by atoms with Gasteiger partial charge in [-0.2, -0.15) is 0 Å². The molecular formula is C16H23Cl2N3O2. The third-order valence-corrected chi connectivity index (χ3v) is 4.69. The van der Waals surface area contributed by atoms with Crippen LogP contribution in [0.4, 0.5) is 5.69 Å². The van der Waals surface area contributed by atoms with Crippen molar-refractivity contribution in [3.63, 3.8) is 0 Å². The van der Waals surface area contributed by atoms with Gasteiger partial charge >= 0.3 is 0 Å². The van der Waals surface area contributed by atoms with Gasteiger partial charge in [-0.3, -0.25) is 4.79 Å². The van der Waals surface area contributed by atoms with Crippen LogP contribution in [0.15, 0.2) is 6.07 Å². The summed E-state index contributed by atoms with van der Waals surface area (Å²) in [6, 6.07) is 1.61. The molecule has 1 aromatic rings. The standard InChI is InChI=1S/C16H22ClN3O2.ClH/c17-13-10-12(15-11(14(13)18)4-9-22-15)16(21)19-5-8-20-6-2-1-3-7-20;/h10H,1-9,18H2,(H,19,21);1H. The number of ether oxygens (including phenoxy) is 1. The van der Waals surface area contributed by atoms with Gasteiger partial charge in [-0.1, -0.05) is 18.0 Å². The molecule has 23 heavy (non-hydrogen) atoms. The van der Waals surface area contributed by atoms with Gasteiger partial charge in [0.05, 0.1) is 22.9 Å². The number of anilines is 1. The molecule has 1 saturated heterocycles. The van der Waals surface area contributed by atoms with E-state index in [1.165, 1.54) is 19.3 Å². The molecule has 3 rings (SSSR count). The van der Waals surface area contributed by atoms with Crippen LogP contribution in [0.3, 0.4) is 0 Å². The number of hydrogen-bond acceptors (Lipinski definition) is 4. The summed E-state index contributed by atoms with van der Waals surface area (Å²) >= 11 is 6.13. The Morgan fingerprint density at radius 1 is 1.35 bits per heavy atom. The van der Waals surface area contributed by atoms with E-state index in [0.717, 1.165) is 25.2 Å². The summed E-state index contributed by atoms with van der Waals surface area (Å²) in [7, 11) is 0. The van der Waals surface area contributed by atoms with Crippen molar-refractivity contribution in [3.05, 3.63) is 22.2 Å². The number of nitrogens with one attached hydrogen (secondary N) is 1. The number of hydrogen-bond donors (Lipinski definition) is 2. The average molecular weight is 360 g/mol. The summed E-state index contributed by atoms with van der Waals surface area (Å²) in [6.07, 6.45) is 4.53. The Hall–Kier alpha value is -1.17. The highest BCUT2D eigenvalue weighted by Crippen LogP contribution is 2.38. The first-order valence-corrected chi connectivity index (χ1v) is 8.29. The highest BCUT2D eigenvalue weighted by Gasteiger charge is 2.25. The molecule has 2 heterocycles. The second-order valence-corrected chi connectivity index (χ2v) is 6.29. The maximum atomic E-state index is 12.4. The number of carbonyl (C=O) groups excluding carboxylic acids is 1. The van der Waals surface area contributed by atoms with Crippen molar-refractivity contribution in [1.29, 1.82) is 0 Å². The molecular weight excluding hydrogens is 337 g/mol. The molecule has 0 bridgehead atoms. The number of nitrogens with two attached hydrogens (primary N) is 1. The Balaban J connectivity index is 0.00000192. The molecule has 7 heteroatoms. The first-order valence-electron chi connectivity index (χ1n) is 7.91. The Morgan fingerprint density at radius 3 is 2.83 bits per heavy atom. The van der Waals surface area contributed by atoms with Gasteiger partial charge < -0.3 is 20.7 Å². The van der Waals surface area contributed by atoms with Crippen molar-refractivity contribution in [2.45, 2.75) is 25.7 Å². The smallest absolute Gasteiger partial charge is 0.255 e. The van der Waals surface area contributed by atoms with Crippen LogP contribution in [-0.4, -0.2) is 43.6 Å². The van der Waals surface area contributed by atoms with Gasteiger partial charge in [-0.25, -0.2) is 0 Å². The lowest BCUT2D eigenvalue weighted by molar-refractivity contribution is 0.0943. The highest BCUT2D eigenvalue weighted by molar-refractivity contribution is 6.33. The molecule has 2 aliphatic rings. The summed E-state index contributed by atoms with van der Waals surface area (Å²) in [5.41, 5.74) is 7.82. The molecule has 1 aromatic carbocycles. The van der Waals surface area contributed by atoms with E-state index >= 15 is 0 Å². The molecule has 1 amide bonds. The van der Waals surface area contributed by atoms with Crippen LogP contribution >= 0.6 is 24.0 Å². The summed E-state index contributed by atoms with van der Waals surface area (Å²) in [5.74, 6) is 0.453. The summed E-state index contributed by atoms with van der Waals surface area (Å²) < 4.78 is 5.57. The van der Waals surface area contributed by atoms with E-state index in [2.05, 4.69) is 10.2 Å². The van der Waals surface area contributed by atoms with Crippen molar-refractivity contribution in [2.75, 3.05) is 38.5 Å². The monoisotopic (exact) mass is 359 g/mol. The van der Waals surface area contributed by atoms with Crippen LogP contribution in [-0.2, 0) is 6.42 Å². The van der Waals surface area contributed by atoms with Gasteiger partial charge in [0.2, 0.25) is 0 Å². The number of nitrogen functional groups attached to an aromatic ring is 1. The van der Waals surface area contributed by atoms with Crippen LogP contribution < -0.4 is 15.8 Å². The van der Waals surface area contributed by atoms with Crippen molar-refractivity contribution < 1.29 is 9.53 Å². The van der Waals surface area contributed by atoms with E-state index in [0.29, 0.717) is 41.6 Å². The van der Waals surface area contributed by atoms with Gasteiger partial charge in [0, 0.05) is 25.1 Å². The van der Waals surface area contributed by atoms with Gasteiger partial charge in [-0.15, -0.1) is 12.4 Å². The maximum Gasteiger partial charge on any atom is 0.255 e. The summed E-state index contributed by atoms with van der Waals surface area (Å²) in [5, 5.41) is 3.38. The topological polar surface area (TPSA) is 67.6 Å². The normalized spacial score (nSPS) is 17.1. The third kappa shape index (κ3) is 4.03. The zero-order valence-corrected chi connectivity index (χ0v) is 14.6. The molecule has 0 aliphatic carbocycles. The second-order valence-electron chi connectivity index (χ2n) is 5.88. The number of rotatable bonds is 4. The fourth-order valence-corrected chi connectivity index (χ4v) is 3.36. The molecule has 5 nitrogen and oxygen atoms in total. The SMILES string of the molecule is Cl.Nc1c(Cl)cc(C(=O)NCCN2CCCCC2)c2c1CCO2. The summed E-state index contributed by atoms with van der Waals surface area (Å²) in [6.45, 7) is 4.32. The number of benzene rings is 1. The average Bonchev–Trinajstić information content (AvgIpc) is 3.01. The lowest BCUT2D eigenvalue weighted by Gasteiger charge is -2.26. The Kier molecular flexibility index (Phi) is 6.39. The third-order valence-electron chi connectivity index (χ3n) is 4.38. The number of piperidine rings is 1. The minimum Gasteiger partial charge on any atom is -0.492 e. The number of fused-ring (bicyclic) bond motifs is 1. The van der Waals surface area contributed by atoms with E-state index in [9.17, 15) is 4.79 Å². The van der Waals surface area contributed by atoms with Crippen LogP contribution in [0.2, 0.25) is 5.02 Å². The molecule has 128 valence electrons. The van der Waals surface area contributed by atoms with E-state index in [4.69, 9.17) is 22.1 Å². The van der Waals surface area contributed by atoms with Crippen LogP contribution in [0.25, 0.3) is 0 Å². The molecule has 0 unspecified atom stereocenters. The lowest BCUT2D eigenvalue weighted by atomic mass is 10.1.